The molecule has 0 radical (unpaired) electrons. The van der Waals surface area contributed by atoms with Gasteiger partial charge in [-0.2, -0.15) is 0 Å². The van der Waals surface area contributed by atoms with Gasteiger partial charge in [0.05, 0.1) is 22.1 Å². The molecule has 144 valence electrons. The Morgan fingerprint density at radius 1 is 1.07 bits per heavy atom. The maximum atomic E-state index is 12.6. The summed E-state index contributed by atoms with van der Waals surface area (Å²) in [5.41, 5.74) is 3.46. The van der Waals surface area contributed by atoms with Crippen LogP contribution in [0.3, 0.4) is 0 Å². The Kier molecular flexibility index (Phi) is 4.97. The molecule has 28 heavy (non-hydrogen) atoms. The molecule has 2 aromatic carbocycles. The standard InChI is InChI=1S/C21H23N5O2/c1-2-25-17-10-5-6-11-18(17)26(21(25)28)14-20(27)22-13-7-12-19-23-15-8-3-4-9-16(15)24-19/h3-6,8-11H,2,7,12-14H2,1H3,(H,22,27)(H,23,24). The van der Waals surface area contributed by atoms with E-state index in [1.165, 1.54) is 4.57 Å². The lowest BCUT2D eigenvalue weighted by Crippen LogP contribution is -2.33. The highest BCUT2D eigenvalue weighted by Crippen LogP contribution is 2.13. The first-order chi connectivity index (χ1) is 13.7. The third kappa shape index (κ3) is 3.43. The molecule has 7 heteroatoms. The number of amides is 1. The average molecular weight is 377 g/mol. The number of hydrogen-bond acceptors (Lipinski definition) is 3. The number of imidazole rings is 2. The van der Waals surface area contributed by atoms with Crippen LogP contribution in [0, 0.1) is 0 Å². The number of aromatic nitrogens is 4. The van der Waals surface area contributed by atoms with E-state index in [4.69, 9.17) is 0 Å². The molecule has 0 aliphatic rings. The normalized spacial score (nSPS) is 11.3. The number of fused-ring (bicyclic) bond motifs is 2. The molecule has 0 unspecified atom stereocenters. The van der Waals surface area contributed by atoms with Gasteiger partial charge in [0.25, 0.3) is 0 Å². The predicted molar refractivity (Wildman–Crippen MR) is 109 cm³/mol. The van der Waals surface area contributed by atoms with E-state index in [0.717, 1.165) is 40.7 Å². The number of hydrogen-bond donors (Lipinski definition) is 2. The largest absolute Gasteiger partial charge is 0.355 e. The van der Waals surface area contributed by atoms with Crippen LogP contribution in [0.4, 0.5) is 0 Å². The number of carbonyl (C=O) groups excluding carboxylic acids is 1. The highest BCUT2D eigenvalue weighted by atomic mass is 16.2. The van der Waals surface area contributed by atoms with Gasteiger partial charge in [0.2, 0.25) is 5.91 Å². The van der Waals surface area contributed by atoms with Crippen LogP contribution >= 0.6 is 0 Å². The number of nitrogens with one attached hydrogen (secondary N) is 2. The molecule has 7 nitrogen and oxygen atoms in total. The maximum absolute atomic E-state index is 12.6. The predicted octanol–water partition coefficient (Wildman–Crippen LogP) is 2.45. The van der Waals surface area contributed by atoms with Crippen molar-refractivity contribution in [1.29, 1.82) is 0 Å². The van der Waals surface area contributed by atoms with Crippen LogP contribution in [-0.2, 0) is 24.3 Å². The van der Waals surface area contributed by atoms with Crippen molar-refractivity contribution in [3.63, 3.8) is 0 Å². The van der Waals surface area contributed by atoms with Gasteiger partial charge in [0, 0.05) is 19.5 Å². The minimum absolute atomic E-state index is 0.0248. The van der Waals surface area contributed by atoms with Crippen LogP contribution in [0.5, 0.6) is 0 Å². The molecular weight excluding hydrogens is 354 g/mol. The average Bonchev–Trinajstić information content (AvgIpc) is 3.24. The van der Waals surface area contributed by atoms with Crippen molar-refractivity contribution < 1.29 is 4.79 Å². The summed E-state index contributed by atoms with van der Waals surface area (Å²) >= 11 is 0. The van der Waals surface area contributed by atoms with Crippen molar-refractivity contribution in [3.05, 3.63) is 64.8 Å². The minimum atomic E-state index is -0.161. The summed E-state index contributed by atoms with van der Waals surface area (Å²) in [5.74, 6) is 0.753. The smallest absolute Gasteiger partial charge is 0.329 e. The Balaban J connectivity index is 1.35. The number of nitrogens with zero attached hydrogens (tertiary/aromatic N) is 3. The fraction of sp³-hybridized carbons (Fsp3) is 0.286. The second-order valence-electron chi connectivity index (χ2n) is 6.76. The maximum Gasteiger partial charge on any atom is 0.329 e. The van der Waals surface area contributed by atoms with Crippen LogP contribution in [0.25, 0.3) is 22.1 Å². The summed E-state index contributed by atoms with van der Waals surface area (Å²) in [6.07, 6.45) is 1.53. The van der Waals surface area contributed by atoms with Crippen molar-refractivity contribution in [2.75, 3.05) is 6.54 Å². The SMILES string of the molecule is CCn1c(=O)n(CC(=O)NCCCc2nc3ccccc3[nH]2)c2ccccc21. The minimum Gasteiger partial charge on any atom is -0.355 e. The van der Waals surface area contributed by atoms with Crippen LogP contribution < -0.4 is 11.0 Å². The Morgan fingerprint density at radius 3 is 2.54 bits per heavy atom. The van der Waals surface area contributed by atoms with Crippen molar-refractivity contribution >= 4 is 28.0 Å². The molecule has 1 amide bonds. The number of rotatable bonds is 7. The first kappa shape index (κ1) is 18.0. The lowest BCUT2D eigenvalue weighted by molar-refractivity contribution is -0.121. The van der Waals surface area contributed by atoms with Gasteiger partial charge in [-0.25, -0.2) is 9.78 Å². The molecule has 0 aliphatic carbocycles. The molecule has 2 aromatic heterocycles. The highest BCUT2D eigenvalue weighted by molar-refractivity contribution is 5.81. The van der Waals surface area contributed by atoms with Crippen molar-refractivity contribution in [2.24, 2.45) is 0 Å². The van der Waals surface area contributed by atoms with Gasteiger partial charge < -0.3 is 10.3 Å². The van der Waals surface area contributed by atoms with E-state index in [2.05, 4.69) is 15.3 Å². The molecule has 0 spiro atoms. The van der Waals surface area contributed by atoms with Crippen LogP contribution in [0.1, 0.15) is 19.2 Å². The molecule has 0 saturated heterocycles. The molecule has 0 fully saturated rings. The van der Waals surface area contributed by atoms with E-state index in [0.29, 0.717) is 13.1 Å². The molecule has 2 heterocycles. The molecule has 4 aromatic rings. The fourth-order valence-corrected chi connectivity index (χ4v) is 3.54. The first-order valence-corrected chi connectivity index (χ1v) is 9.55. The highest BCUT2D eigenvalue weighted by Gasteiger charge is 2.14. The number of aromatic amines is 1. The topological polar surface area (TPSA) is 84.7 Å². The fourth-order valence-electron chi connectivity index (χ4n) is 3.54. The molecule has 0 saturated carbocycles. The summed E-state index contributed by atoms with van der Waals surface area (Å²) in [6, 6.07) is 15.5. The van der Waals surface area contributed by atoms with Crippen molar-refractivity contribution in [2.45, 2.75) is 32.9 Å². The van der Waals surface area contributed by atoms with Gasteiger partial charge in [0.15, 0.2) is 0 Å². The van der Waals surface area contributed by atoms with E-state index in [1.807, 2.05) is 55.5 Å². The third-order valence-electron chi connectivity index (χ3n) is 4.89. The van der Waals surface area contributed by atoms with Gasteiger partial charge in [-0.15, -0.1) is 0 Å². The molecule has 0 atom stereocenters. The van der Waals surface area contributed by atoms with E-state index in [1.54, 1.807) is 4.57 Å². The molecule has 0 aliphatic heterocycles. The summed E-state index contributed by atoms with van der Waals surface area (Å²) < 4.78 is 3.22. The van der Waals surface area contributed by atoms with Gasteiger partial charge in [-0.05, 0) is 37.6 Å². The lowest BCUT2D eigenvalue weighted by Gasteiger charge is -2.06. The second-order valence-corrected chi connectivity index (χ2v) is 6.76. The zero-order valence-corrected chi connectivity index (χ0v) is 15.8. The van der Waals surface area contributed by atoms with E-state index >= 15 is 0 Å². The Bertz CT molecular complexity index is 1150. The van der Waals surface area contributed by atoms with E-state index in [-0.39, 0.29) is 18.1 Å². The molecule has 2 N–H and O–H groups in total. The summed E-state index contributed by atoms with van der Waals surface area (Å²) in [5, 5.41) is 2.90. The summed E-state index contributed by atoms with van der Waals surface area (Å²) in [6.45, 7) is 3.07. The van der Waals surface area contributed by atoms with Crippen LogP contribution in [0.15, 0.2) is 53.3 Å². The summed E-state index contributed by atoms with van der Waals surface area (Å²) in [4.78, 5) is 32.8. The van der Waals surface area contributed by atoms with Crippen LogP contribution in [0.2, 0.25) is 0 Å². The Morgan fingerprint density at radius 2 is 1.79 bits per heavy atom. The second kappa shape index (κ2) is 7.72. The Labute approximate surface area is 162 Å². The van der Waals surface area contributed by atoms with E-state index < -0.39 is 0 Å². The molecular formula is C21H23N5O2. The van der Waals surface area contributed by atoms with Gasteiger partial charge in [-0.1, -0.05) is 24.3 Å². The lowest BCUT2D eigenvalue weighted by atomic mass is 10.3. The van der Waals surface area contributed by atoms with Gasteiger partial charge >= 0.3 is 5.69 Å². The number of benzene rings is 2. The van der Waals surface area contributed by atoms with Gasteiger partial charge in [-0.3, -0.25) is 13.9 Å². The quantitative estimate of drug-likeness (QED) is 0.485. The molecule has 4 rings (SSSR count). The van der Waals surface area contributed by atoms with Crippen molar-refractivity contribution in [3.8, 4) is 0 Å². The number of H-pyrrole nitrogens is 1. The van der Waals surface area contributed by atoms with Crippen molar-refractivity contribution in [1.82, 2.24) is 24.4 Å². The number of aryl methyl sites for hydroxylation is 2. The molecule has 0 bridgehead atoms. The monoisotopic (exact) mass is 377 g/mol. The number of carbonyl (C=O) groups is 1. The van der Waals surface area contributed by atoms with Crippen LogP contribution in [-0.4, -0.2) is 31.6 Å². The number of para-hydroxylation sites is 4. The third-order valence-corrected chi connectivity index (χ3v) is 4.89. The first-order valence-electron chi connectivity index (χ1n) is 9.55. The summed E-state index contributed by atoms with van der Waals surface area (Å²) in [7, 11) is 0. The van der Waals surface area contributed by atoms with E-state index in [9.17, 15) is 9.59 Å². The van der Waals surface area contributed by atoms with Gasteiger partial charge in [0.1, 0.15) is 12.4 Å². The zero-order valence-electron chi connectivity index (χ0n) is 15.8. The Hall–Kier alpha value is -3.35. The zero-order chi connectivity index (χ0) is 19.5.